The minimum absolute atomic E-state index is 0.0143. The van der Waals surface area contributed by atoms with Crippen LogP contribution in [0.2, 0.25) is 0 Å². The number of hydrogen-bond donors (Lipinski definition) is 4. The van der Waals surface area contributed by atoms with Crippen molar-refractivity contribution in [1.29, 1.82) is 0 Å². The maximum atomic E-state index is 12.1. The van der Waals surface area contributed by atoms with Crippen LogP contribution in [-0.4, -0.2) is 48.9 Å². The molecule has 0 saturated heterocycles. The van der Waals surface area contributed by atoms with Crippen molar-refractivity contribution in [3.63, 3.8) is 0 Å². The second-order valence-corrected chi connectivity index (χ2v) is 5.84. The van der Waals surface area contributed by atoms with E-state index >= 15 is 0 Å². The van der Waals surface area contributed by atoms with E-state index in [0.29, 0.717) is 17.9 Å². The van der Waals surface area contributed by atoms with E-state index in [1.165, 1.54) is 0 Å². The first-order valence-corrected chi connectivity index (χ1v) is 8.83. The highest BCUT2D eigenvalue weighted by molar-refractivity contribution is 5.94. The molecule has 144 valence electrons. The standard InChI is InChI=1S/C20H25N3O4/c1-2-27-18(14-22-20(26)23-16-11-7-4-8-12-16)17(24)13-21-19(25)15-9-5-3-6-10-15/h3-12,17-18,24H,2,13-14H2,1H3,(H,21,25)(H2,22,23,26)/t17-,18+/m0/s1. The quantitative estimate of drug-likeness (QED) is 0.542. The summed E-state index contributed by atoms with van der Waals surface area (Å²) < 4.78 is 5.50. The van der Waals surface area contributed by atoms with Gasteiger partial charge in [0.2, 0.25) is 0 Å². The third-order valence-electron chi connectivity index (χ3n) is 3.81. The number of carbonyl (C=O) groups excluding carboxylic acids is 2. The van der Waals surface area contributed by atoms with Gasteiger partial charge in [-0.15, -0.1) is 0 Å². The lowest BCUT2D eigenvalue weighted by Crippen LogP contribution is -2.46. The molecule has 0 aliphatic carbocycles. The fourth-order valence-electron chi connectivity index (χ4n) is 2.43. The minimum atomic E-state index is -0.963. The van der Waals surface area contributed by atoms with Crippen molar-refractivity contribution in [3.05, 3.63) is 66.2 Å². The summed E-state index contributed by atoms with van der Waals surface area (Å²) in [5.74, 6) is -0.278. The number of hydrogen-bond acceptors (Lipinski definition) is 4. The highest BCUT2D eigenvalue weighted by Crippen LogP contribution is 2.05. The monoisotopic (exact) mass is 371 g/mol. The SMILES string of the molecule is CCO[C@H](CNC(=O)Nc1ccccc1)[C@@H](O)CNC(=O)c1ccccc1. The lowest BCUT2D eigenvalue weighted by Gasteiger charge is -2.23. The van der Waals surface area contributed by atoms with E-state index in [0.717, 1.165) is 0 Å². The van der Waals surface area contributed by atoms with Crippen molar-refractivity contribution in [2.24, 2.45) is 0 Å². The van der Waals surface area contributed by atoms with Crippen LogP contribution in [0.15, 0.2) is 60.7 Å². The molecule has 0 radical (unpaired) electrons. The third-order valence-corrected chi connectivity index (χ3v) is 3.81. The number of nitrogens with one attached hydrogen (secondary N) is 3. The van der Waals surface area contributed by atoms with Gasteiger partial charge >= 0.3 is 6.03 Å². The number of carbonyl (C=O) groups is 2. The van der Waals surface area contributed by atoms with Crippen LogP contribution in [0.25, 0.3) is 0 Å². The predicted octanol–water partition coefficient (Wildman–Crippen LogP) is 2.00. The van der Waals surface area contributed by atoms with E-state index in [1.54, 1.807) is 43.3 Å². The van der Waals surface area contributed by atoms with Crippen molar-refractivity contribution in [2.75, 3.05) is 25.0 Å². The van der Waals surface area contributed by atoms with Gasteiger partial charge in [0, 0.05) is 30.9 Å². The molecular weight excluding hydrogens is 346 g/mol. The summed E-state index contributed by atoms with van der Waals surface area (Å²) in [6.45, 7) is 2.29. The van der Waals surface area contributed by atoms with Crippen LogP contribution in [0.1, 0.15) is 17.3 Å². The van der Waals surface area contributed by atoms with Crippen LogP contribution < -0.4 is 16.0 Å². The Morgan fingerprint density at radius 2 is 1.59 bits per heavy atom. The number of para-hydroxylation sites is 1. The van der Waals surface area contributed by atoms with Crippen LogP contribution in [0.3, 0.4) is 0 Å². The summed E-state index contributed by atoms with van der Waals surface area (Å²) in [5, 5.41) is 18.4. The number of anilines is 1. The van der Waals surface area contributed by atoms with Gasteiger partial charge in [-0.3, -0.25) is 4.79 Å². The molecule has 4 N–H and O–H groups in total. The van der Waals surface area contributed by atoms with E-state index in [9.17, 15) is 14.7 Å². The average molecular weight is 371 g/mol. The summed E-state index contributed by atoms with van der Waals surface area (Å²) in [7, 11) is 0. The zero-order chi connectivity index (χ0) is 19.5. The molecule has 0 aliphatic rings. The fourth-order valence-corrected chi connectivity index (χ4v) is 2.43. The molecule has 3 amide bonds. The molecule has 7 nitrogen and oxygen atoms in total. The number of amides is 3. The molecule has 0 spiro atoms. The first-order chi connectivity index (χ1) is 13.1. The van der Waals surface area contributed by atoms with E-state index < -0.39 is 18.2 Å². The van der Waals surface area contributed by atoms with Gasteiger partial charge in [-0.05, 0) is 31.2 Å². The Labute approximate surface area is 158 Å². The average Bonchev–Trinajstić information content (AvgIpc) is 2.70. The van der Waals surface area contributed by atoms with Crippen molar-refractivity contribution in [2.45, 2.75) is 19.1 Å². The topological polar surface area (TPSA) is 99.7 Å². The molecule has 0 aromatic heterocycles. The molecule has 7 heteroatoms. The van der Waals surface area contributed by atoms with Crippen LogP contribution in [0.5, 0.6) is 0 Å². The van der Waals surface area contributed by atoms with Crippen molar-refractivity contribution in [1.82, 2.24) is 10.6 Å². The summed E-state index contributed by atoms with van der Waals surface area (Å²) in [6.07, 6.45) is -1.61. The van der Waals surface area contributed by atoms with Crippen molar-refractivity contribution >= 4 is 17.6 Å². The molecule has 0 fully saturated rings. The first-order valence-electron chi connectivity index (χ1n) is 8.83. The van der Waals surface area contributed by atoms with E-state index in [4.69, 9.17) is 4.74 Å². The highest BCUT2D eigenvalue weighted by Gasteiger charge is 2.21. The Balaban J connectivity index is 1.80. The van der Waals surface area contributed by atoms with Crippen LogP contribution >= 0.6 is 0 Å². The van der Waals surface area contributed by atoms with Crippen LogP contribution in [0, 0.1) is 0 Å². The Kier molecular flexibility index (Phi) is 8.28. The maximum absolute atomic E-state index is 12.1. The number of aliphatic hydroxyl groups excluding tert-OH is 1. The summed E-state index contributed by atoms with van der Waals surface area (Å²) in [6, 6.07) is 17.4. The number of ether oxygens (including phenoxy) is 1. The minimum Gasteiger partial charge on any atom is -0.388 e. The number of benzene rings is 2. The number of aliphatic hydroxyl groups is 1. The molecule has 0 saturated carbocycles. The zero-order valence-corrected chi connectivity index (χ0v) is 15.2. The summed E-state index contributed by atoms with van der Waals surface area (Å²) >= 11 is 0. The molecule has 2 atom stereocenters. The van der Waals surface area contributed by atoms with Gasteiger partial charge in [-0.1, -0.05) is 36.4 Å². The number of rotatable bonds is 9. The molecular formula is C20H25N3O4. The van der Waals surface area contributed by atoms with E-state index in [-0.39, 0.29) is 19.0 Å². The zero-order valence-electron chi connectivity index (χ0n) is 15.2. The molecule has 2 aromatic rings. The molecule has 27 heavy (non-hydrogen) atoms. The van der Waals surface area contributed by atoms with Gasteiger partial charge in [-0.2, -0.15) is 0 Å². The van der Waals surface area contributed by atoms with E-state index in [2.05, 4.69) is 16.0 Å². The second-order valence-electron chi connectivity index (χ2n) is 5.84. The van der Waals surface area contributed by atoms with Gasteiger partial charge in [0.25, 0.3) is 5.91 Å². The Morgan fingerprint density at radius 1 is 0.963 bits per heavy atom. The maximum Gasteiger partial charge on any atom is 0.319 e. The van der Waals surface area contributed by atoms with Crippen LogP contribution in [-0.2, 0) is 4.74 Å². The van der Waals surface area contributed by atoms with Gasteiger partial charge in [0.05, 0.1) is 6.10 Å². The van der Waals surface area contributed by atoms with E-state index in [1.807, 2.05) is 24.3 Å². The van der Waals surface area contributed by atoms with Crippen molar-refractivity contribution in [3.8, 4) is 0 Å². The molecule has 0 aliphatic heterocycles. The van der Waals surface area contributed by atoms with Crippen molar-refractivity contribution < 1.29 is 19.4 Å². The van der Waals surface area contributed by atoms with Gasteiger partial charge in [0.15, 0.2) is 0 Å². The lowest BCUT2D eigenvalue weighted by atomic mass is 10.1. The molecule has 0 unspecified atom stereocenters. The van der Waals surface area contributed by atoms with Crippen LogP contribution in [0.4, 0.5) is 10.5 Å². The second kappa shape index (κ2) is 10.9. The molecule has 0 bridgehead atoms. The van der Waals surface area contributed by atoms with Gasteiger partial charge in [0.1, 0.15) is 6.10 Å². The Hall–Kier alpha value is -2.90. The van der Waals surface area contributed by atoms with Gasteiger partial charge in [-0.25, -0.2) is 4.79 Å². The Morgan fingerprint density at radius 3 is 2.22 bits per heavy atom. The molecule has 2 rings (SSSR count). The number of urea groups is 1. The largest absolute Gasteiger partial charge is 0.388 e. The highest BCUT2D eigenvalue weighted by atomic mass is 16.5. The Bertz CT molecular complexity index is 710. The third kappa shape index (κ3) is 7.08. The summed E-state index contributed by atoms with van der Waals surface area (Å²) in [4.78, 5) is 24.0. The molecule has 0 heterocycles. The van der Waals surface area contributed by atoms with Gasteiger partial charge < -0.3 is 25.8 Å². The molecule has 2 aromatic carbocycles. The normalized spacial score (nSPS) is 12.7. The lowest BCUT2D eigenvalue weighted by molar-refractivity contribution is -0.0279. The smallest absolute Gasteiger partial charge is 0.319 e. The predicted molar refractivity (Wildman–Crippen MR) is 104 cm³/mol. The summed E-state index contributed by atoms with van der Waals surface area (Å²) in [5.41, 5.74) is 1.18. The fraction of sp³-hybridized carbons (Fsp3) is 0.300. The first kappa shape index (κ1) is 20.4.